The molecule has 0 spiro atoms. The van der Waals surface area contributed by atoms with E-state index >= 15 is 0 Å². The van der Waals surface area contributed by atoms with E-state index in [-0.39, 0.29) is 5.56 Å². The standard InChI is InChI=1S/C9H13N5O/c1-5(2)3-7-11-9-12-8(15)4-6(10)14(9)13-7/h4-5H,3,10H2,1-2H3,(H,11,12,13,15). The Balaban J connectivity index is 2.55. The fraction of sp³-hybridized carbons (Fsp3) is 0.444. The lowest BCUT2D eigenvalue weighted by Crippen LogP contribution is -2.11. The molecule has 0 bridgehead atoms. The molecule has 0 aliphatic rings. The van der Waals surface area contributed by atoms with E-state index in [1.807, 2.05) is 0 Å². The second-order valence-corrected chi connectivity index (χ2v) is 3.92. The summed E-state index contributed by atoms with van der Waals surface area (Å²) in [6.07, 6.45) is 0.767. The summed E-state index contributed by atoms with van der Waals surface area (Å²) < 4.78 is 1.44. The highest BCUT2D eigenvalue weighted by Gasteiger charge is 2.08. The van der Waals surface area contributed by atoms with Crippen LogP contribution in [0.5, 0.6) is 0 Å². The molecule has 0 aliphatic heterocycles. The molecule has 0 fully saturated rings. The Morgan fingerprint density at radius 3 is 3.00 bits per heavy atom. The maximum atomic E-state index is 11.1. The number of nitrogens with one attached hydrogen (secondary N) is 1. The molecule has 0 saturated carbocycles. The Kier molecular flexibility index (Phi) is 2.18. The summed E-state index contributed by atoms with van der Waals surface area (Å²) in [5.41, 5.74) is 5.38. The maximum absolute atomic E-state index is 11.1. The SMILES string of the molecule is CC(C)Cc1nc2[nH]c(=O)cc(N)n2n1. The van der Waals surface area contributed by atoms with Crippen LogP contribution in [0.1, 0.15) is 19.7 Å². The van der Waals surface area contributed by atoms with Gasteiger partial charge in [-0.1, -0.05) is 13.8 Å². The van der Waals surface area contributed by atoms with Gasteiger partial charge in [-0.3, -0.25) is 9.78 Å². The van der Waals surface area contributed by atoms with Gasteiger partial charge in [-0.15, -0.1) is 5.10 Å². The molecule has 15 heavy (non-hydrogen) atoms. The van der Waals surface area contributed by atoms with Crippen molar-refractivity contribution in [2.75, 3.05) is 5.73 Å². The van der Waals surface area contributed by atoms with E-state index in [2.05, 4.69) is 28.9 Å². The number of hydrogen-bond acceptors (Lipinski definition) is 4. The van der Waals surface area contributed by atoms with Gasteiger partial charge in [0.25, 0.3) is 5.56 Å². The second-order valence-electron chi connectivity index (χ2n) is 3.92. The second kappa shape index (κ2) is 3.38. The van der Waals surface area contributed by atoms with Gasteiger partial charge in [0.15, 0.2) is 5.82 Å². The molecular formula is C9H13N5O. The van der Waals surface area contributed by atoms with Crippen LogP contribution in [-0.2, 0) is 6.42 Å². The number of H-pyrrole nitrogens is 1. The van der Waals surface area contributed by atoms with Gasteiger partial charge in [-0.2, -0.15) is 9.50 Å². The lowest BCUT2D eigenvalue weighted by molar-refractivity contribution is 0.620. The van der Waals surface area contributed by atoms with Gasteiger partial charge in [0.2, 0.25) is 5.78 Å². The van der Waals surface area contributed by atoms with Crippen LogP contribution in [0.4, 0.5) is 5.82 Å². The minimum Gasteiger partial charge on any atom is -0.383 e. The fourth-order valence-corrected chi connectivity index (χ4v) is 1.41. The molecule has 0 unspecified atom stereocenters. The number of fused-ring (bicyclic) bond motifs is 1. The molecule has 6 heteroatoms. The molecule has 0 aliphatic carbocycles. The molecule has 2 aromatic rings. The Hall–Kier alpha value is -1.85. The lowest BCUT2D eigenvalue weighted by Gasteiger charge is -1.97. The van der Waals surface area contributed by atoms with Gasteiger partial charge >= 0.3 is 0 Å². The van der Waals surface area contributed by atoms with Crippen molar-refractivity contribution in [1.29, 1.82) is 0 Å². The molecule has 0 radical (unpaired) electrons. The molecule has 3 N–H and O–H groups in total. The third kappa shape index (κ3) is 1.83. The van der Waals surface area contributed by atoms with E-state index in [0.717, 1.165) is 6.42 Å². The first-order valence-electron chi connectivity index (χ1n) is 4.80. The van der Waals surface area contributed by atoms with Crippen molar-refractivity contribution in [2.24, 2.45) is 5.92 Å². The van der Waals surface area contributed by atoms with Gasteiger partial charge in [-0.25, -0.2) is 0 Å². The average Bonchev–Trinajstić information content (AvgIpc) is 2.45. The van der Waals surface area contributed by atoms with Gasteiger partial charge < -0.3 is 5.73 Å². The van der Waals surface area contributed by atoms with Crippen molar-refractivity contribution in [1.82, 2.24) is 19.6 Å². The van der Waals surface area contributed by atoms with E-state index in [0.29, 0.717) is 23.3 Å². The number of nitrogens with two attached hydrogens (primary N) is 1. The number of hydrogen-bond donors (Lipinski definition) is 2. The molecule has 80 valence electrons. The number of aromatic amines is 1. The molecular weight excluding hydrogens is 194 g/mol. The summed E-state index contributed by atoms with van der Waals surface area (Å²) in [5.74, 6) is 1.86. The van der Waals surface area contributed by atoms with Crippen LogP contribution >= 0.6 is 0 Å². The molecule has 0 saturated heterocycles. The summed E-state index contributed by atoms with van der Waals surface area (Å²) >= 11 is 0. The number of nitrogens with zero attached hydrogens (tertiary/aromatic N) is 3. The predicted molar refractivity (Wildman–Crippen MR) is 56.6 cm³/mol. The van der Waals surface area contributed by atoms with Crippen molar-refractivity contribution < 1.29 is 0 Å². The molecule has 0 amide bonds. The van der Waals surface area contributed by atoms with E-state index in [1.165, 1.54) is 10.6 Å². The molecule has 0 aromatic carbocycles. The maximum Gasteiger partial charge on any atom is 0.254 e. The van der Waals surface area contributed by atoms with E-state index in [4.69, 9.17) is 5.73 Å². The quantitative estimate of drug-likeness (QED) is 0.736. The zero-order valence-electron chi connectivity index (χ0n) is 8.69. The molecule has 0 atom stereocenters. The minimum absolute atomic E-state index is 0.261. The predicted octanol–water partition coefficient (Wildman–Crippen LogP) is 0.198. The van der Waals surface area contributed by atoms with Gasteiger partial charge in [-0.05, 0) is 5.92 Å². The van der Waals surface area contributed by atoms with Crippen LogP contribution < -0.4 is 11.3 Å². The molecule has 2 heterocycles. The first-order chi connectivity index (χ1) is 7.06. The smallest absolute Gasteiger partial charge is 0.254 e. The Morgan fingerprint density at radius 2 is 2.33 bits per heavy atom. The van der Waals surface area contributed by atoms with Gasteiger partial charge in [0.1, 0.15) is 5.82 Å². The van der Waals surface area contributed by atoms with Crippen LogP contribution in [0.15, 0.2) is 10.9 Å². The normalized spacial score (nSPS) is 11.4. The monoisotopic (exact) mass is 207 g/mol. The molecule has 2 aromatic heterocycles. The van der Waals surface area contributed by atoms with Gasteiger partial charge in [0.05, 0.1) is 0 Å². The first-order valence-corrected chi connectivity index (χ1v) is 4.80. The van der Waals surface area contributed by atoms with E-state index in [1.54, 1.807) is 0 Å². The molecule has 2 rings (SSSR count). The summed E-state index contributed by atoms with van der Waals surface area (Å²) in [4.78, 5) is 17.9. The highest BCUT2D eigenvalue weighted by Crippen LogP contribution is 2.06. The first kappa shape index (κ1) is 9.70. The van der Waals surface area contributed by atoms with E-state index in [9.17, 15) is 4.79 Å². The molecule has 6 nitrogen and oxygen atoms in total. The summed E-state index contributed by atoms with van der Waals surface area (Å²) in [6.45, 7) is 4.16. The third-order valence-electron chi connectivity index (χ3n) is 2.00. The van der Waals surface area contributed by atoms with Crippen LogP contribution in [0.3, 0.4) is 0 Å². The van der Waals surface area contributed by atoms with Crippen molar-refractivity contribution >= 4 is 11.6 Å². The Labute approximate surface area is 86.1 Å². The fourth-order valence-electron chi connectivity index (χ4n) is 1.41. The van der Waals surface area contributed by atoms with Gasteiger partial charge in [0, 0.05) is 12.5 Å². The van der Waals surface area contributed by atoms with E-state index < -0.39 is 0 Å². The Morgan fingerprint density at radius 1 is 1.60 bits per heavy atom. The van der Waals surface area contributed by atoms with Crippen molar-refractivity contribution in [2.45, 2.75) is 20.3 Å². The number of anilines is 1. The summed E-state index contributed by atoms with van der Waals surface area (Å²) in [5, 5.41) is 4.20. The highest BCUT2D eigenvalue weighted by molar-refractivity contribution is 5.38. The van der Waals surface area contributed by atoms with Crippen molar-refractivity contribution in [3.05, 3.63) is 22.2 Å². The number of aromatic nitrogens is 4. The highest BCUT2D eigenvalue weighted by atomic mass is 16.1. The lowest BCUT2D eigenvalue weighted by atomic mass is 10.1. The topological polar surface area (TPSA) is 89.1 Å². The largest absolute Gasteiger partial charge is 0.383 e. The number of nitrogen functional groups attached to an aromatic ring is 1. The summed E-state index contributed by atoms with van der Waals surface area (Å²) in [7, 11) is 0. The summed E-state index contributed by atoms with van der Waals surface area (Å²) in [6, 6.07) is 1.29. The van der Waals surface area contributed by atoms with Crippen molar-refractivity contribution in [3.8, 4) is 0 Å². The van der Waals surface area contributed by atoms with Crippen LogP contribution in [0.2, 0.25) is 0 Å². The van der Waals surface area contributed by atoms with Crippen LogP contribution in [0.25, 0.3) is 5.78 Å². The minimum atomic E-state index is -0.261. The zero-order valence-corrected chi connectivity index (χ0v) is 8.69. The zero-order chi connectivity index (χ0) is 11.0. The van der Waals surface area contributed by atoms with Crippen LogP contribution in [0, 0.1) is 5.92 Å². The van der Waals surface area contributed by atoms with Crippen molar-refractivity contribution in [3.63, 3.8) is 0 Å². The number of rotatable bonds is 2. The average molecular weight is 207 g/mol. The third-order valence-corrected chi connectivity index (χ3v) is 2.00. The van der Waals surface area contributed by atoms with Crippen LogP contribution in [-0.4, -0.2) is 19.6 Å². The Bertz CT molecular complexity index is 539.